The van der Waals surface area contributed by atoms with Crippen molar-refractivity contribution in [1.29, 1.82) is 0 Å². The first-order chi connectivity index (χ1) is 16.7. The van der Waals surface area contributed by atoms with Crippen LogP contribution in [0.1, 0.15) is 53.5 Å². The number of carbonyl (C=O) groups excluding carboxylic acids is 1. The molecule has 186 valence electrons. The second kappa shape index (κ2) is 9.93. The second-order valence-corrected chi connectivity index (χ2v) is 8.39. The molecule has 0 saturated carbocycles. The van der Waals surface area contributed by atoms with Crippen LogP contribution in [0, 0.1) is 13.8 Å². The molecule has 1 aliphatic rings. The predicted molar refractivity (Wildman–Crippen MR) is 125 cm³/mol. The summed E-state index contributed by atoms with van der Waals surface area (Å²) in [7, 11) is 0. The number of halogens is 3. The maximum absolute atomic E-state index is 13.6. The number of anilines is 3. The van der Waals surface area contributed by atoms with Gasteiger partial charge in [0.2, 0.25) is 0 Å². The quantitative estimate of drug-likeness (QED) is 0.477. The molecular formula is C24H27F3N6O2. The molecule has 1 fully saturated rings. The molecule has 2 aromatic heterocycles. The number of nitrogens with zero attached hydrogens (tertiary/aromatic N) is 5. The topological polar surface area (TPSA) is 85.2 Å². The zero-order valence-electron chi connectivity index (χ0n) is 19.8. The molecule has 3 aromatic rings. The highest BCUT2D eigenvalue weighted by molar-refractivity contribution is 5.96. The summed E-state index contributed by atoms with van der Waals surface area (Å²) in [6.45, 7) is 6.90. The standard InChI is InChI=1S/C24H27F3N6O2/c1-4-35-22(34)18-14-28-23(33-16(3)12-15(2)31-33)30-21(18)29-19-13-17(24(25,26)27)8-9-20(19)32-10-6-5-7-11-32/h8-9,12-14H,4-7,10-11H2,1-3H3,(H,28,29,30). The Balaban J connectivity index is 1.82. The van der Waals surface area contributed by atoms with Crippen molar-refractivity contribution in [3.05, 3.63) is 53.0 Å². The Hall–Kier alpha value is -3.63. The third kappa shape index (κ3) is 5.39. The number of carbonyl (C=O) groups is 1. The van der Waals surface area contributed by atoms with Crippen LogP contribution in [0.4, 0.5) is 30.4 Å². The Morgan fingerprint density at radius 1 is 1.14 bits per heavy atom. The van der Waals surface area contributed by atoms with Crippen LogP contribution in [0.25, 0.3) is 5.95 Å². The number of aromatic nitrogens is 4. The molecule has 0 unspecified atom stereocenters. The molecule has 8 nitrogen and oxygen atoms in total. The van der Waals surface area contributed by atoms with E-state index in [4.69, 9.17) is 4.74 Å². The van der Waals surface area contributed by atoms with Gasteiger partial charge in [0.05, 0.1) is 29.2 Å². The van der Waals surface area contributed by atoms with E-state index in [9.17, 15) is 18.0 Å². The number of hydrogen-bond donors (Lipinski definition) is 1. The van der Waals surface area contributed by atoms with Crippen molar-refractivity contribution >= 4 is 23.2 Å². The van der Waals surface area contributed by atoms with Gasteiger partial charge in [0.15, 0.2) is 5.82 Å². The van der Waals surface area contributed by atoms with Gasteiger partial charge < -0.3 is 15.0 Å². The van der Waals surface area contributed by atoms with Gasteiger partial charge >= 0.3 is 12.1 Å². The van der Waals surface area contributed by atoms with Crippen LogP contribution in [-0.4, -0.2) is 45.4 Å². The molecule has 0 atom stereocenters. The van der Waals surface area contributed by atoms with Crippen LogP contribution in [0.2, 0.25) is 0 Å². The summed E-state index contributed by atoms with van der Waals surface area (Å²) in [5, 5.41) is 7.36. The second-order valence-electron chi connectivity index (χ2n) is 8.39. The van der Waals surface area contributed by atoms with Gasteiger partial charge in [-0.05, 0) is 64.3 Å². The number of rotatable bonds is 6. The molecular weight excluding hydrogens is 461 g/mol. The Morgan fingerprint density at radius 2 is 1.89 bits per heavy atom. The number of hydrogen-bond acceptors (Lipinski definition) is 7. The maximum atomic E-state index is 13.6. The minimum Gasteiger partial charge on any atom is -0.462 e. The van der Waals surface area contributed by atoms with Crippen LogP contribution in [-0.2, 0) is 10.9 Å². The third-order valence-electron chi connectivity index (χ3n) is 5.74. The van der Waals surface area contributed by atoms with E-state index in [1.54, 1.807) is 6.92 Å². The van der Waals surface area contributed by atoms with Gasteiger partial charge in [-0.25, -0.2) is 14.5 Å². The fourth-order valence-electron chi connectivity index (χ4n) is 4.11. The van der Waals surface area contributed by atoms with Crippen molar-refractivity contribution in [3.63, 3.8) is 0 Å². The lowest BCUT2D eigenvalue weighted by Crippen LogP contribution is -2.30. The summed E-state index contributed by atoms with van der Waals surface area (Å²) >= 11 is 0. The molecule has 0 aliphatic carbocycles. The lowest BCUT2D eigenvalue weighted by Gasteiger charge is -2.31. The molecule has 0 bridgehead atoms. The van der Waals surface area contributed by atoms with E-state index in [2.05, 4.69) is 20.4 Å². The first-order valence-electron chi connectivity index (χ1n) is 11.5. The molecule has 0 radical (unpaired) electrons. The Labute approximate surface area is 201 Å². The van der Waals surface area contributed by atoms with E-state index in [1.165, 1.54) is 16.9 Å². The molecule has 0 amide bonds. The number of benzene rings is 1. The van der Waals surface area contributed by atoms with Gasteiger partial charge in [0.1, 0.15) is 5.56 Å². The van der Waals surface area contributed by atoms with Gasteiger partial charge in [-0.2, -0.15) is 23.3 Å². The predicted octanol–water partition coefficient (Wildman–Crippen LogP) is 5.21. The zero-order valence-corrected chi connectivity index (χ0v) is 19.8. The van der Waals surface area contributed by atoms with Gasteiger partial charge in [0, 0.05) is 25.0 Å². The molecule has 3 heterocycles. The van der Waals surface area contributed by atoms with Gasteiger partial charge in [-0.1, -0.05) is 0 Å². The highest BCUT2D eigenvalue weighted by Crippen LogP contribution is 2.38. The first-order valence-corrected chi connectivity index (χ1v) is 11.5. The van der Waals surface area contributed by atoms with Crippen LogP contribution in [0.3, 0.4) is 0 Å². The molecule has 1 aliphatic heterocycles. The average Bonchev–Trinajstić information content (AvgIpc) is 3.17. The number of piperidine rings is 1. The SMILES string of the molecule is CCOC(=O)c1cnc(-n2nc(C)cc2C)nc1Nc1cc(C(F)(F)F)ccc1N1CCCCC1. The average molecular weight is 489 g/mol. The summed E-state index contributed by atoms with van der Waals surface area (Å²) in [5.74, 6) is -0.461. The van der Waals surface area contributed by atoms with Crippen molar-refractivity contribution in [3.8, 4) is 5.95 Å². The number of ether oxygens (including phenoxy) is 1. The highest BCUT2D eigenvalue weighted by Gasteiger charge is 2.32. The summed E-state index contributed by atoms with van der Waals surface area (Å²) in [4.78, 5) is 23.4. The first kappa shape index (κ1) is 24.5. The van der Waals surface area contributed by atoms with E-state index in [1.807, 2.05) is 24.8 Å². The Kier molecular flexibility index (Phi) is 6.95. The Morgan fingerprint density at radius 3 is 2.51 bits per heavy atom. The number of esters is 1. The molecule has 1 aromatic carbocycles. The van der Waals surface area contributed by atoms with Gasteiger partial charge in [-0.3, -0.25) is 0 Å². The molecule has 35 heavy (non-hydrogen) atoms. The summed E-state index contributed by atoms with van der Waals surface area (Å²) in [6.07, 6.45) is -0.256. The van der Waals surface area contributed by atoms with E-state index in [0.29, 0.717) is 5.69 Å². The molecule has 1 saturated heterocycles. The fraction of sp³-hybridized carbons (Fsp3) is 0.417. The number of aryl methyl sites for hydroxylation is 2. The van der Waals surface area contributed by atoms with E-state index >= 15 is 0 Å². The van der Waals surface area contributed by atoms with Crippen molar-refractivity contribution in [2.24, 2.45) is 0 Å². The summed E-state index contributed by atoms with van der Waals surface area (Å²) in [5.41, 5.74) is 1.54. The Bertz CT molecular complexity index is 1220. The smallest absolute Gasteiger partial charge is 0.416 e. The fourth-order valence-corrected chi connectivity index (χ4v) is 4.11. The minimum atomic E-state index is -4.53. The summed E-state index contributed by atoms with van der Waals surface area (Å²) in [6, 6.07) is 5.42. The van der Waals surface area contributed by atoms with Gasteiger partial charge in [-0.15, -0.1) is 0 Å². The lowest BCUT2D eigenvalue weighted by atomic mass is 10.1. The van der Waals surface area contributed by atoms with E-state index in [-0.39, 0.29) is 29.6 Å². The number of nitrogens with one attached hydrogen (secondary N) is 1. The summed E-state index contributed by atoms with van der Waals surface area (Å²) < 4.78 is 47.3. The minimum absolute atomic E-state index is 0.0131. The van der Waals surface area contributed by atoms with Crippen molar-refractivity contribution in [2.75, 3.05) is 29.9 Å². The van der Waals surface area contributed by atoms with Gasteiger partial charge in [0.25, 0.3) is 5.95 Å². The van der Waals surface area contributed by atoms with Crippen molar-refractivity contribution < 1.29 is 22.7 Å². The molecule has 0 spiro atoms. The maximum Gasteiger partial charge on any atom is 0.416 e. The van der Waals surface area contributed by atoms with Crippen LogP contribution in [0.5, 0.6) is 0 Å². The van der Waals surface area contributed by atoms with E-state index in [0.717, 1.165) is 55.9 Å². The van der Waals surface area contributed by atoms with E-state index < -0.39 is 17.7 Å². The van der Waals surface area contributed by atoms with Crippen molar-refractivity contribution in [2.45, 2.75) is 46.2 Å². The largest absolute Gasteiger partial charge is 0.462 e. The third-order valence-corrected chi connectivity index (χ3v) is 5.74. The monoisotopic (exact) mass is 488 g/mol. The van der Waals surface area contributed by atoms with Crippen LogP contribution >= 0.6 is 0 Å². The van der Waals surface area contributed by atoms with Crippen molar-refractivity contribution in [1.82, 2.24) is 19.7 Å². The lowest BCUT2D eigenvalue weighted by molar-refractivity contribution is -0.137. The van der Waals surface area contributed by atoms with Crippen LogP contribution in [0.15, 0.2) is 30.5 Å². The molecule has 4 rings (SSSR count). The highest BCUT2D eigenvalue weighted by atomic mass is 19.4. The number of alkyl halides is 3. The zero-order chi connectivity index (χ0) is 25.2. The molecule has 1 N–H and O–H groups in total. The molecule has 11 heteroatoms. The normalized spacial score (nSPS) is 14.2. The van der Waals surface area contributed by atoms with Crippen LogP contribution < -0.4 is 10.2 Å².